The summed E-state index contributed by atoms with van der Waals surface area (Å²) in [4.78, 5) is 24.7. The van der Waals surface area contributed by atoms with Gasteiger partial charge in [-0.05, 0) is 144 Å². The lowest BCUT2D eigenvalue weighted by Crippen LogP contribution is -2.27. The lowest BCUT2D eigenvalue weighted by atomic mass is 9.70. The van der Waals surface area contributed by atoms with Gasteiger partial charge in [0.15, 0.2) is 0 Å². The zero-order valence-electron chi connectivity index (χ0n) is 49.6. The fourth-order valence-electron chi connectivity index (χ4n) is 9.77. The number of carboxylic acid groups (broad SMARTS) is 2. The predicted octanol–water partition coefficient (Wildman–Crippen LogP) is 16.2. The molecule has 416 valence electrons. The van der Waals surface area contributed by atoms with Gasteiger partial charge >= 0.3 is 11.9 Å². The normalized spacial score (nSPS) is 12.4. The average molecular weight is 1070 g/mol. The zero-order chi connectivity index (χ0) is 58.9. The summed E-state index contributed by atoms with van der Waals surface area (Å²) in [6, 6.07) is 48.4. The van der Waals surface area contributed by atoms with Gasteiger partial charge in [0.2, 0.25) is 0 Å². The molecule has 0 aliphatic heterocycles. The molecule has 2 unspecified atom stereocenters. The number of anilines is 2. The molecule has 0 amide bonds. The number of hydrogen-bond donors (Lipinski definition) is 5. The van der Waals surface area contributed by atoms with Crippen LogP contribution in [0.4, 0.5) is 11.4 Å². The van der Waals surface area contributed by atoms with Gasteiger partial charge < -0.3 is 30.6 Å². The molecule has 0 aromatic heterocycles. The van der Waals surface area contributed by atoms with Crippen LogP contribution in [-0.4, -0.2) is 46.0 Å². The Bertz CT molecular complexity index is 3380. The minimum atomic E-state index is -1.02. The van der Waals surface area contributed by atoms with Crippen molar-refractivity contribution in [3.8, 4) is 45.9 Å². The third-order valence-corrected chi connectivity index (χ3v) is 13.9. The van der Waals surface area contributed by atoms with Crippen LogP contribution in [0.2, 0.25) is 0 Å². The summed E-state index contributed by atoms with van der Waals surface area (Å²) in [7, 11) is 2.13. The Morgan fingerprint density at radius 1 is 0.537 bits per heavy atom. The lowest BCUT2D eigenvalue weighted by Gasteiger charge is -2.37. The molecule has 0 radical (unpaired) electrons. The van der Waals surface area contributed by atoms with Crippen molar-refractivity contribution in [1.82, 2.24) is 0 Å². The van der Waals surface area contributed by atoms with Gasteiger partial charge in [0.05, 0.1) is 11.1 Å². The van der Waals surface area contributed by atoms with Gasteiger partial charge in [-0.25, -0.2) is 9.59 Å². The topological polar surface area (TPSA) is 130 Å². The lowest BCUT2D eigenvalue weighted by molar-refractivity contribution is 0.0686. The Kier molecular flexibility index (Phi) is 19.5. The van der Waals surface area contributed by atoms with E-state index in [1.165, 1.54) is 41.0 Å². The van der Waals surface area contributed by atoms with E-state index in [-0.39, 0.29) is 32.8 Å². The van der Waals surface area contributed by atoms with Crippen LogP contribution >= 0.6 is 0 Å². The van der Waals surface area contributed by atoms with E-state index in [2.05, 4.69) is 217 Å². The van der Waals surface area contributed by atoms with Crippen molar-refractivity contribution in [1.29, 1.82) is 0 Å². The number of nitrogens with one attached hydrogen (secondary N) is 1. The quantitative estimate of drug-likeness (QED) is 0.0765. The first-order chi connectivity index (χ1) is 37.4. The number of aliphatic hydroxyl groups excluding tert-OH is 2. The van der Waals surface area contributed by atoms with Crippen molar-refractivity contribution in [2.24, 2.45) is 5.92 Å². The van der Waals surface area contributed by atoms with Gasteiger partial charge in [0, 0.05) is 53.8 Å². The van der Waals surface area contributed by atoms with Crippen LogP contribution in [-0.2, 0) is 28.2 Å². The summed E-state index contributed by atoms with van der Waals surface area (Å²) >= 11 is 0. The van der Waals surface area contributed by atoms with E-state index < -0.39 is 24.1 Å². The molecular weight excluding hydrogens is 989 g/mol. The van der Waals surface area contributed by atoms with Crippen molar-refractivity contribution in [2.45, 2.75) is 137 Å². The van der Waals surface area contributed by atoms with Crippen LogP contribution in [0, 0.1) is 29.6 Å². The highest BCUT2D eigenvalue weighted by Crippen LogP contribution is 2.48. The fourth-order valence-corrected chi connectivity index (χ4v) is 9.77. The summed E-state index contributed by atoms with van der Waals surface area (Å²) in [6.45, 7) is 32.4. The largest absolute Gasteiger partial charge is 0.478 e. The molecular formula is C72H82N2O6. The molecule has 80 heavy (non-hydrogen) atoms. The molecule has 0 aliphatic carbocycles. The summed E-state index contributed by atoms with van der Waals surface area (Å²) in [5.74, 6) is 10.6. The van der Waals surface area contributed by atoms with Crippen molar-refractivity contribution >= 4 is 23.3 Å². The van der Waals surface area contributed by atoms with Crippen molar-refractivity contribution < 1.29 is 30.0 Å². The summed E-state index contributed by atoms with van der Waals surface area (Å²) in [5, 5.41) is 45.0. The van der Waals surface area contributed by atoms with Gasteiger partial charge in [0.25, 0.3) is 0 Å². The standard InChI is InChI=1S/C38H41NO3.C34H41NO3/c1-37(2,3)31-20-18-28(19-21-31)32-23-30(34(40)22-15-26-13-16-29(17-14-26)36(41)42)24-33(38(4,5)6)35(32)39(7)25-27-11-9-8-10-12-27;1-22(2)21-35-31-26(24-12-10-9-11-13-24)20-27(29(33(3,4)5)30(31)34(6,7)8)28(36)19-16-23-14-17-25(18-15-23)32(37)38/h8-14,16-21,23-24,34,40H,25H2,1-7H3,(H,41,42);9-15,17-18,20,22,28,35-36H,21H2,1-8H3,(H,37,38). The van der Waals surface area contributed by atoms with E-state index in [1.54, 1.807) is 24.3 Å². The molecule has 0 saturated heterocycles. The van der Waals surface area contributed by atoms with E-state index in [0.29, 0.717) is 17.0 Å². The van der Waals surface area contributed by atoms with Gasteiger partial charge in [-0.1, -0.05) is 206 Å². The number of nitrogens with zero attached hydrogens (tertiary/aromatic N) is 1. The minimum absolute atomic E-state index is 0.0400. The number of aliphatic hydroxyl groups is 2. The van der Waals surface area contributed by atoms with E-state index in [9.17, 15) is 30.0 Å². The summed E-state index contributed by atoms with van der Waals surface area (Å²) in [6.07, 6.45) is -2.04. The maximum Gasteiger partial charge on any atom is 0.335 e. The molecule has 0 heterocycles. The summed E-state index contributed by atoms with van der Waals surface area (Å²) in [5.41, 5.74) is 15.0. The number of carbonyl (C=O) groups is 2. The van der Waals surface area contributed by atoms with Crippen LogP contribution in [0.1, 0.15) is 180 Å². The number of rotatable bonds is 12. The number of carboxylic acids is 2. The molecule has 8 heteroatoms. The van der Waals surface area contributed by atoms with Gasteiger partial charge in [-0.2, -0.15) is 0 Å². The Labute approximate surface area is 477 Å². The highest BCUT2D eigenvalue weighted by atomic mass is 16.4. The number of hydrogen-bond acceptors (Lipinski definition) is 6. The van der Waals surface area contributed by atoms with Crippen LogP contribution < -0.4 is 10.2 Å². The molecule has 2 atom stereocenters. The van der Waals surface area contributed by atoms with Crippen LogP contribution in [0.15, 0.2) is 152 Å². The second kappa shape index (κ2) is 25.5. The fraction of sp³-hybridized carbons (Fsp3) is 0.333. The SMILES string of the molecule is CC(C)CNc1c(-c2ccccc2)cc(C(O)C#Cc2ccc(C(=O)O)cc2)c(C(C)(C)C)c1C(C)(C)C.CN(Cc1ccccc1)c1c(-c2ccc(C(C)(C)C)cc2)cc(C(O)C#Cc2ccc(C(=O)O)cc2)cc1C(C)(C)C. The molecule has 8 nitrogen and oxygen atoms in total. The third kappa shape index (κ3) is 15.9. The second-order valence-electron chi connectivity index (χ2n) is 25.3. The van der Waals surface area contributed by atoms with Crippen molar-refractivity contribution in [3.63, 3.8) is 0 Å². The van der Waals surface area contributed by atoms with E-state index in [1.807, 2.05) is 24.3 Å². The predicted molar refractivity (Wildman–Crippen MR) is 331 cm³/mol. The maximum absolute atomic E-state index is 11.6. The first-order valence-electron chi connectivity index (χ1n) is 27.6. The Balaban J connectivity index is 0.000000259. The zero-order valence-corrected chi connectivity index (χ0v) is 49.6. The first-order valence-corrected chi connectivity index (χ1v) is 27.6. The summed E-state index contributed by atoms with van der Waals surface area (Å²) < 4.78 is 0. The van der Waals surface area contributed by atoms with Crippen LogP contribution in [0.25, 0.3) is 22.3 Å². The molecule has 0 spiro atoms. The van der Waals surface area contributed by atoms with E-state index in [4.69, 9.17) is 0 Å². The van der Waals surface area contributed by atoms with Crippen molar-refractivity contribution in [2.75, 3.05) is 23.8 Å². The number of benzene rings is 7. The molecule has 0 aliphatic rings. The maximum atomic E-state index is 11.6. The van der Waals surface area contributed by atoms with Crippen LogP contribution in [0.3, 0.4) is 0 Å². The number of aromatic carboxylic acids is 2. The molecule has 7 aromatic rings. The Hall–Kier alpha value is -7.88. The molecule has 0 fully saturated rings. The van der Waals surface area contributed by atoms with Gasteiger partial charge in [0.1, 0.15) is 12.2 Å². The smallest absolute Gasteiger partial charge is 0.335 e. The van der Waals surface area contributed by atoms with Crippen LogP contribution in [0.5, 0.6) is 0 Å². The second-order valence-corrected chi connectivity index (χ2v) is 25.3. The highest BCUT2D eigenvalue weighted by Gasteiger charge is 2.34. The van der Waals surface area contributed by atoms with Crippen molar-refractivity contribution in [3.05, 3.63) is 213 Å². The molecule has 0 bridgehead atoms. The third-order valence-electron chi connectivity index (χ3n) is 13.9. The molecule has 7 rings (SSSR count). The molecule has 0 saturated carbocycles. The monoisotopic (exact) mass is 1070 g/mol. The Morgan fingerprint density at radius 3 is 1.46 bits per heavy atom. The average Bonchev–Trinajstić information content (AvgIpc) is 3.59. The minimum Gasteiger partial charge on any atom is -0.478 e. The van der Waals surface area contributed by atoms with Gasteiger partial charge in [-0.15, -0.1) is 0 Å². The first kappa shape index (κ1) is 61.3. The highest BCUT2D eigenvalue weighted by molar-refractivity contribution is 5.88. The Morgan fingerprint density at radius 2 is 1.01 bits per heavy atom. The molecule has 7 aromatic carbocycles. The van der Waals surface area contributed by atoms with E-state index in [0.717, 1.165) is 69.0 Å². The van der Waals surface area contributed by atoms with Gasteiger partial charge in [-0.3, -0.25) is 0 Å². The van der Waals surface area contributed by atoms with E-state index >= 15 is 0 Å². The molecule has 5 N–H and O–H groups in total.